The van der Waals surface area contributed by atoms with E-state index in [4.69, 9.17) is 4.74 Å². The molecule has 0 aromatic heterocycles. The number of hydrogen-bond donors (Lipinski definition) is 0. The first-order valence-corrected chi connectivity index (χ1v) is 4.10. The molecule has 1 aromatic carbocycles. The van der Waals surface area contributed by atoms with Gasteiger partial charge in [0.1, 0.15) is 5.75 Å². The third kappa shape index (κ3) is 2.54. The molecule has 0 atom stereocenters. The van der Waals surface area contributed by atoms with Gasteiger partial charge in [-0.15, -0.1) is 0 Å². The van der Waals surface area contributed by atoms with Crippen LogP contribution in [-0.2, 0) is 0 Å². The molecule has 0 saturated carbocycles. The molecule has 0 aliphatic heterocycles. The Labute approximate surface area is 76.3 Å². The van der Waals surface area contributed by atoms with E-state index in [1.54, 1.807) is 24.3 Å². The molecule has 1 aromatic rings. The van der Waals surface area contributed by atoms with E-state index in [0.29, 0.717) is 17.9 Å². The second-order valence-corrected chi connectivity index (χ2v) is 2.51. The van der Waals surface area contributed by atoms with Gasteiger partial charge in [-0.1, -0.05) is 0 Å². The summed E-state index contributed by atoms with van der Waals surface area (Å²) < 4.78 is 17.1. The summed E-state index contributed by atoms with van der Waals surface area (Å²) in [5.74, 6) is 0.195. The van der Waals surface area contributed by atoms with Gasteiger partial charge < -0.3 is 4.74 Å². The molecule has 0 aliphatic carbocycles. The van der Waals surface area contributed by atoms with E-state index in [0.717, 1.165) is 0 Å². The molecular weight excluding hydrogens is 171 g/mol. The highest BCUT2D eigenvalue weighted by Crippen LogP contribution is 2.12. The van der Waals surface area contributed by atoms with Gasteiger partial charge in [-0.25, -0.2) is 4.39 Å². The van der Waals surface area contributed by atoms with E-state index in [2.05, 4.69) is 0 Å². The molecule has 0 aliphatic rings. The molecular formula is C10H11FO2. The highest BCUT2D eigenvalue weighted by Gasteiger charge is 2.03. The fourth-order valence-corrected chi connectivity index (χ4v) is 0.981. The lowest BCUT2D eigenvalue weighted by atomic mass is 10.1. The van der Waals surface area contributed by atoms with Crippen LogP contribution in [0.1, 0.15) is 17.3 Å². The summed E-state index contributed by atoms with van der Waals surface area (Å²) in [6, 6.07) is 6.44. The Kier molecular flexibility index (Phi) is 3.43. The van der Waals surface area contributed by atoms with Gasteiger partial charge in [-0.3, -0.25) is 4.79 Å². The lowest BCUT2D eigenvalue weighted by Crippen LogP contribution is -2.00. The molecule has 70 valence electrons. The van der Waals surface area contributed by atoms with Gasteiger partial charge in [-0.05, 0) is 31.2 Å². The van der Waals surface area contributed by atoms with Crippen LogP contribution in [-0.4, -0.2) is 19.1 Å². The average molecular weight is 182 g/mol. The molecule has 0 heterocycles. The van der Waals surface area contributed by atoms with Crippen LogP contribution in [0.4, 0.5) is 4.39 Å². The lowest BCUT2D eigenvalue weighted by molar-refractivity contribution is 0.0958. The number of halogens is 1. The average Bonchev–Trinajstić information content (AvgIpc) is 2.18. The van der Waals surface area contributed by atoms with Crippen molar-refractivity contribution in [3.05, 3.63) is 29.8 Å². The Balaban J connectivity index is 2.75. The van der Waals surface area contributed by atoms with Crippen molar-refractivity contribution in [1.82, 2.24) is 0 Å². The number of ketones is 1. The molecule has 0 spiro atoms. The number of hydrogen-bond acceptors (Lipinski definition) is 2. The second kappa shape index (κ2) is 4.60. The molecule has 0 bridgehead atoms. The van der Waals surface area contributed by atoms with Crippen molar-refractivity contribution < 1.29 is 13.9 Å². The van der Waals surface area contributed by atoms with Gasteiger partial charge in [0.15, 0.2) is 12.5 Å². The maximum absolute atomic E-state index is 11.9. The number of Topliss-reactive ketones (excluding diaryl/α,β-unsaturated/α-hetero) is 1. The predicted octanol–water partition coefficient (Wildman–Crippen LogP) is 2.24. The standard InChI is InChI=1S/C10H11FO2/c1-2-13-9-5-3-8(4-6-9)10(12)7-11/h3-6H,2,7H2,1H3. The van der Waals surface area contributed by atoms with Crippen molar-refractivity contribution in [2.24, 2.45) is 0 Å². The molecule has 0 fully saturated rings. The van der Waals surface area contributed by atoms with Crippen molar-refractivity contribution in [3.8, 4) is 5.75 Å². The molecule has 13 heavy (non-hydrogen) atoms. The molecule has 0 amide bonds. The summed E-state index contributed by atoms with van der Waals surface area (Å²) in [5.41, 5.74) is 0.381. The molecule has 0 unspecified atom stereocenters. The first-order valence-electron chi connectivity index (χ1n) is 4.10. The SMILES string of the molecule is CCOc1ccc(C(=O)CF)cc1. The summed E-state index contributed by atoms with van der Waals surface area (Å²) in [6.07, 6.45) is 0. The minimum atomic E-state index is -0.950. The van der Waals surface area contributed by atoms with Gasteiger partial charge in [0.2, 0.25) is 0 Å². The van der Waals surface area contributed by atoms with Gasteiger partial charge in [0, 0.05) is 5.56 Å². The van der Waals surface area contributed by atoms with Crippen molar-refractivity contribution >= 4 is 5.78 Å². The first kappa shape index (κ1) is 9.71. The van der Waals surface area contributed by atoms with Crippen molar-refractivity contribution in [3.63, 3.8) is 0 Å². The van der Waals surface area contributed by atoms with Crippen LogP contribution in [0.25, 0.3) is 0 Å². The van der Waals surface area contributed by atoms with Crippen LogP contribution in [0.5, 0.6) is 5.75 Å². The number of carbonyl (C=O) groups excluding carboxylic acids is 1. The largest absolute Gasteiger partial charge is 0.494 e. The molecule has 2 nitrogen and oxygen atoms in total. The van der Waals surface area contributed by atoms with Crippen molar-refractivity contribution in [2.45, 2.75) is 6.92 Å². The predicted molar refractivity (Wildman–Crippen MR) is 47.9 cm³/mol. The first-order chi connectivity index (χ1) is 6.27. The van der Waals surface area contributed by atoms with Gasteiger partial charge >= 0.3 is 0 Å². The van der Waals surface area contributed by atoms with E-state index in [9.17, 15) is 9.18 Å². The smallest absolute Gasteiger partial charge is 0.193 e. The monoisotopic (exact) mass is 182 g/mol. The zero-order valence-corrected chi connectivity index (χ0v) is 7.42. The van der Waals surface area contributed by atoms with Crippen LogP contribution in [0.15, 0.2) is 24.3 Å². The zero-order chi connectivity index (χ0) is 9.68. The number of benzene rings is 1. The molecule has 3 heteroatoms. The van der Waals surface area contributed by atoms with Gasteiger partial charge in [0.05, 0.1) is 6.61 Å². The summed E-state index contributed by atoms with van der Waals surface area (Å²) in [6.45, 7) is 1.50. The van der Waals surface area contributed by atoms with Crippen LogP contribution in [0, 0.1) is 0 Å². The third-order valence-corrected chi connectivity index (χ3v) is 1.61. The Morgan fingerprint density at radius 2 is 2.00 bits per heavy atom. The zero-order valence-electron chi connectivity index (χ0n) is 7.42. The Hall–Kier alpha value is -1.38. The highest BCUT2D eigenvalue weighted by atomic mass is 19.1. The molecule has 1 rings (SSSR count). The summed E-state index contributed by atoms with van der Waals surface area (Å²) >= 11 is 0. The van der Waals surface area contributed by atoms with Crippen LogP contribution >= 0.6 is 0 Å². The van der Waals surface area contributed by atoms with E-state index in [1.807, 2.05) is 6.92 Å². The van der Waals surface area contributed by atoms with Gasteiger partial charge in [0.25, 0.3) is 0 Å². The van der Waals surface area contributed by atoms with E-state index >= 15 is 0 Å². The normalized spacial score (nSPS) is 9.69. The van der Waals surface area contributed by atoms with Crippen LogP contribution in [0.3, 0.4) is 0 Å². The molecule has 0 radical (unpaired) electrons. The lowest BCUT2D eigenvalue weighted by Gasteiger charge is -2.02. The maximum atomic E-state index is 11.9. The molecule has 0 N–H and O–H groups in total. The highest BCUT2D eigenvalue weighted by molar-refractivity contribution is 5.97. The van der Waals surface area contributed by atoms with E-state index < -0.39 is 12.5 Å². The van der Waals surface area contributed by atoms with E-state index in [1.165, 1.54) is 0 Å². The number of rotatable bonds is 4. The number of alkyl halides is 1. The van der Waals surface area contributed by atoms with Crippen molar-refractivity contribution in [1.29, 1.82) is 0 Å². The maximum Gasteiger partial charge on any atom is 0.193 e. The minimum Gasteiger partial charge on any atom is -0.494 e. The van der Waals surface area contributed by atoms with Crippen LogP contribution < -0.4 is 4.74 Å². The van der Waals surface area contributed by atoms with Crippen molar-refractivity contribution in [2.75, 3.05) is 13.3 Å². The Morgan fingerprint density at radius 3 is 2.46 bits per heavy atom. The van der Waals surface area contributed by atoms with E-state index in [-0.39, 0.29) is 0 Å². The molecule has 0 saturated heterocycles. The minimum absolute atomic E-state index is 0.381. The van der Waals surface area contributed by atoms with Gasteiger partial charge in [-0.2, -0.15) is 0 Å². The third-order valence-electron chi connectivity index (χ3n) is 1.61. The Morgan fingerprint density at radius 1 is 1.38 bits per heavy atom. The summed E-state index contributed by atoms with van der Waals surface area (Å²) in [7, 11) is 0. The number of ether oxygens (including phenoxy) is 1. The fraction of sp³-hybridized carbons (Fsp3) is 0.300. The number of carbonyl (C=O) groups is 1. The summed E-state index contributed by atoms with van der Waals surface area (Å²) in [4.78, 5) is 10.9. The van der Waals surface area contributed by atoms with Crippen LogP contribution in [0.2, 0.25) is 0 Å². The Bertz CT molecular complexity index is 279. The quantitative estimate of drug-likeness (QED) is 0.667. The topological polar surface area (TPSA) is 26.3 Å². The second-order valence-electron chi connectivity index (χ2n) is 2.51. The summed E-state index contributed by atoms with van der Waals surface area (Å²) in [5, 5.41) is 0. The fourth-order valence-electron chi connectivity index (χ4n) is 0.981.